The number of phenolic OH excluding ortho intramolecular Hbond substituents is 1. The number of aliphatic hydroxyl groups is 2. The van der Waals surface area contributed by atoms with Gasteiger partial charge in [0.05, 0.1) is 31.5 Å². The number of aliphatic hydroxyl groups excluding tert-OH is 2. The number of cyclic esters (lactones) is 1. The second kappa shape index (κ2) is 7.82. The molecule has 7 heteroatoms. The molecule has 0 spiro atoms. The largest absolute Gasteiger partial charge is 0.507 e. The lowest BCUT2D eigenvalue weighted by Gasteiger charge is -2.23. The Morgan fingerprint density at radius 2 is 1.85 bits per heavy atom. The predicted octanol–water partition coefficient (Wildman–Crippen LogP) is 2.07. The third kappa shape index (κ3) is 3.79. The highest BCUT2D eigenvalue weighted by Gasteiger charge is 2.38. The van der Waals surface area contributed by atoms with Crippen molar-refractivity contribution < 1.29 is 34.3 Å². The molecule has 0 saturated carbocycles. The Morgan fingerprint density at radius 1 is 1.12 bits per heavy atom. The van der Waals surface area contributed by atoms with E-state index in [9.17, 15) is 20.1 Å². The Balaban J connectivity index is 2.02. The summed E-state index contributed by atoms with van der Waals surface area (Å²) in [6.07, 6.45) is -0.0593. The van der Waals surface area contributed by atoms with Crippen molar-refractivity contribution in [2.24, 2.45) is 0 Å². The molecule has 2 aliphatic rings. The number of esters is 1. The number of carbonyl (C=O) groups excluding carboxylic acids is 1. The van der Waals surface area contributed by atoms with Crippen LogP contribution in [0, 0.1) is 0 Å². The maximum absolute atomic E-state index is 12.6. The Bertz CT molecular complexity index is 660. The molecule has 2 heterocycles. The molecular formula is C19H26O7. The first-order valence-electron chi connectivity index (χ1n) is 9.04. The Labute approximate surface area is 152 Å². The van der Waals surface area contributed by atoms with Crippen molar-refractivity contribution >= 4 is 5.97 Å². The van der Waals surface area contributed by atoms with Crippen LogP contribution >= 0.6 is 0 Å². The van der Waals surface area contributed by atoms with Crippen molar-refractivity contribution in [1.82, 2.24) is 0 Å². The summed E-state index contributed by atoms with van der Waals surface area (Å²) in [7, 11) is 1.44. The molecule has 1 aromatic carbocycles. The third-order valence-corrected chi connectivity index (χ3v) is 5.17. The van der Waals surface area contributed by atoms with E-state index >= 15 is 0 Å². The van der Waals surface area contributed by atoms with Crippen LogP contribution in [0.2, 0.25) is 0 Å². The van der Waals surface area contributed by atoms with Gasteiger partial charge >= 0.3 is 5.97 Å². The molecule has 5 atom stereocenters. The van der Waals surface area contributed by atoms with E-state index in [1.54, 1.807) is 6.92 Å². The van der Waals surface area contributed by atoms with Gasteiger partial charge in [-0.2, -0.15) is 0 Å². The van der Waals surface area contributed by atoms with Gasteiger partial charge < -0.3 is 29.5 Å². The van der Waals surface area contributed by atoms with Crippen LogP contribution in [0.5, 0.6) is 11.5 Å². The van der Waals surface area contributed by atoms with Gasteiger partial charge in [-0.05, 0) is 45.1 Å². The van der Waals surface area contributed by atoms with Crippen LogP contribution in [0.1, 0.15) is 61.1 Å². The van der Waals surface area contributed by atoms with Gasteiger partial charge in [0, 0.05) is 11.6 Å². The number of methoxy groups -OCH3 is 1. The zero-order valence-electron chi connectivity index (χ0n) is 15.1. The molecule has 3 rings (SSSR count). The van der Waals surface area contributed by atoms with Gasteiger partial charge in [0.25, 0.3) is 0 Å². The molecule has 26 heavy (non-hydrogen) atoms. The van der Waals surface area contributed by atoms with Crippen molar-refractivity contribution in [3.8, 4) is 11.5 Å². The number of hydrogen-bond donors (Lipinski definition) is 3. The van der Waals surface area contributed by atoms with E-state index in [1.165, 1.54) is 19.2 Å². The number of fused-ring (bicyclic) bond motifs is 3. The zero-order valence-corrected chi connectivity index (χ0v) is 15.1. The second-order valence-corrected chi connectivity index (χ2v) is 7.06. The summed E-state index contributed by atoms with van der Waals surface area (Å²) in [6.45, 7) is 1.77. The molecule has 7 nitrogen and oxygen atoms in total. The van der Waals surface area contributed by atoms with E-state index in [2.05, 4.69) is 0 Å². The number of aromatic hydroxyl groups is 1. The fourth-order valence-corrected chi connectivity index (χ4v) is 3.70. The van der Waals surface area contributed by atoms with E-state index in [-0.39, 0.29) is 29.1 Å². The predicted molar refractivity (Wildman–Crippen MR) is 92.2 cm³/mol. The summed E-state index contributed by atoms with van der Waals surface area (Å²) in [6, 6.07) is 2.83. The molecule has 0 amide bonds. The van der Waals surface area contributed by atoms with Gasteiger partial charge in [-0.25, -0.2) is 4.79 Å². The first-order valence-corrected chi connectivity index (χ1v) is 9.04. The lowest BCUT2D eigenvalue weighted by molar-refractivity contribution is -0.0779. The maximum atomic E-state index is 12.6. The van der Waals surface area contributed by atoms with E-state index in [4.69, 9.17) is 14.2 Å². The molecule has 0 aliphatic carbocycles. The Morgan fingerprint density at radius 3 is 2.58 bits per heavy atom. The maximum Gasteiger partial charge on any atom is 0.342 e. The molecule has 5 unspecified atom stereocenters. The third-order valence-electron chi connectivity index (χ3n) is 5.17. The number of rotatable bonds is 1. The average Bonchev–Trinajstić information content (AvgIpc) is 3.09. The van der Waals surface area contributed by atoms with Crippen LogP contribution in [-0.2, 0) is 9.47 Å². The first-order chi connectivity index (χ1) is 12.4. The van der Waals surface area contributed by atoms with E-state index in [0.29, 0.717) is 37.9 Å². The molecule has 144 valence electrons. The summed E-state index contributed by atoms with van der Waals surface area (Å²) in [5, 5.41) is 31.5. The molecule has 1 saturated heterocycles. The van der Waals surface area contributed by atoms with Gasteiger partial charge in [0.2, 0.25) is 0 Å². The minimum Gasteiger partial charge on any atom is -0.507 e. The molecular weight excluding hydrogens is 340 g/mol. The quantitative estimate of drug-likeness (QED) is 0.653. The van der Waals surface area contributed by atoms with Crippen molar-refractivity contribution in [3.05, 3.63) is 23.3 Å². The number of carbonyl (C=O) groups is 1. The van der Waals surface area contributed by atoms with E-state index in [0.717, 1.165) is 0 Å². The highest BCUT2D eigenvalue weighted by atomic mass is 16.5. The fourth-order valence-electron chi connectivity index (χ4n) is 3.70. The zero-order chi connectivity index (χ0) is 18.8. The van der Waals surface area contributed by atoms with Gasteiger partial charge in [0.15, 0.2) is 0 Å². The highest BCUT2D eigenvalue weighted by molar-refractivity contribution is 5.94. The van der Waals surface area contributed by atoms with E-state index in [1.807, 2.05) is 0 Å². The smallest absolute Gasteiger partial charge is 0.342 e. The summed E-state index contributed by atoms with van der Waals surface area (Å²) in [5.74, 6) is -0.679. The van der Waals surface area contributed by atoms with Crippen molar-refractivity contribution in [2.75, 3.05) is 7.11 Å². The number of hydrogen-bond acceptors (Lipinski definition) is 7. The molecule has 0 radical (unpaired) electrons. The minimum absolute atomic E-state index is 0.0722. The molecule has 3 N–H and O–H groups in total. The van der Waals surface area contributed by atoms with Gasteiger partial charge in [0.1, 0.15) is 23.2 Å². The summed E-state index contributed by atoms with van der Waals surface area (Å²) in [5.41, 5.74) is 0.135. The molecule has 1 fully saturated rings. The summed E-state index contributed by atoms with van der Waals surface area (Å²) < 4.78 is 16.4. The topological polar surface area (TPSA) is 105 Å². The van der Waals surface area contributed by atoms with Crippen molar-refractivity contribution in [2.45, 2.75) is 69.5 Å². The number of phenols is 1. The summed E-state index contributed by atoms with van der Waals surface area (Å²) in [4.78, 5) is 12.6. The first kappa shape index (κ1) is 18.9. The normalized spacial score (nSPS) is 32.6. The fraction of sp³-hybridized carbons (Fsp3) is 0.632. The lowest BCUT2D eigenvalue weighted by Crippen LogP contribution is -2.28. The molecule has 1 aromatic rings. The monoisotopic (exact) mass is 366 g/mol. The van der Waals surface area contributed by atoms with Crippen LogP contribution < -0.4 is 4.74 Å². The van der Waals surface area contributed by atoms with Crippen molar-refractivity contribution in [3.63, 3.8) is 0 Å². The van der Waals surface area contributed by atoms with Gasteiger partial charge in [-0.1, -0.05) is 0 Å². The SMILES string of the molecule is COc1cc(O)c2c(c1)C(O)C1CCC(O1)C(O)CCCC(C)OC2=O. The number of ether oxygens (including phenoxy) is 3. The van der Waals surface area contributed by atoms with Crippen LogP contribution in [0.15, 0.2) is 12.1 Å². The summed E-state index contributed by atoms with van der Waals surface area (Å²) >= 11 is 0. The van der Waals surface area contributed by atoms with Gasteiger partial charge in [-0.3, -0.25) is 0 Å². The molecule has 2 aliphatic heterocycles. The van der Waals surface area contributed by atoms with Gasteiger partial charge in [-0.15, -0.1) is 0 Å². The minimum atomic E-state index is -1.15. The average molecular weight is 366 g/mol. The highest BCUT2D eigenvalue weighted by Crippen LogP contribution is 2.38. The van der Waals surface area contributed by atoms with Crippen LogP contribution in [-0.4, -0.2) is 52.8 Å². The standard InChI is InChI=1S/C19H26O7/c1-10-4-3-5-13(20)15-6-7-16(26-15)18(22)12-8-11(24-2)9-14(21)17(12)19(23)25-10/h8-10,13,15-16,18,20-22H,3-7H2,1-2H3. The van der Waals surface area contributed by atoms with Crippen LogP contribution in [0.25, 0.3) is 0 Å². The molecule has 2 bridgehead atoms. The van der Waals surface area contributed by atoms with E-state index < -0.39 is 24.3 Å². The van der Waals surface area contributed by atoms with Crippen LogP contribution in [0.4, 0.5) is 0 Å². The second-order valence-electron chi connectivity index (χ2n) is 7.06. The van der Waals surface area contributed by atoms with Crippen molar-refractivity contribution in [1.29, 1.82) is 0 Å². The lowest BCUT2D eigenvalue weighted by atomic mass is 9.95. The Kier molecular flexibility index (Phi) is 5.70. The molecule has 0 aromatic heterocycles. The number of benzene rings is 1. The van der Waals surface area contributed by atoms with Crippen LogP contribution in [0.3, 0.4) is 0 Å². The Hall–Kier alpha value is -1.83.